The topological polar surface area (TPSA) is 34.9 Å². The monoisotopic (exact) mass is 296 g/mol. The fraction of sp³-hybridized carbons (Fsp3) is 0.176. The average molecular weight is 296 g/mol. The van der Waals surface area contributed by atoms with Crippen LogP contribution in [0.4, 0.5) is 0 Å². The van der Waals surface area contributed by atoms with Crippen LogP contribution in [0.5, 0.6) is 0 Å². The Morgan fingerprint density at radius 2 is 1.95 bits per heavy atom. The zero-order chi connectivity index (χ0) is 14.8. The van der Waals surface area contributed by atoms with E-state index < -0.39 is 0 Å². The van der Waals surface area contributed by atoms with Crippen LogP contribution in [0.2, 0.25) is 0 Å². The van der Waals surface area contributed by atoms with Gasteiger partial charge in [0.05, 0.1) is 16.1 Å². The molecule has 4 heteroatoms. The lowest BCUT2D eigenvalue weighted by Gasteiger charge is -2.01. The molecule has 2 heterocycles. The molecule has 2 aromatic heterocycles. The molecule has 1 aromatic carbocycles. The summed E-state index contributed by atoms with van der Waals surface area (Å²) in [6.07, 6.45) is 3.66. The Bertz CT molecular complexity index is 768. The molecule has 21 heavy (non-hydrogen) atoms. The first-order valence-electron chi connectivity index (χ1n) is 6.92. The van der Waals surface area contributed by atoms with Crippen LogP contribution >= 0.6 is 11.3 Å². The van der Waals surface area contributed by atoms with Crippen molar-refractivity contribution in [2.45, 2.75) is 20.3 Å². The van der Waals surface area contributed by atoms with Crippen LogP contribution in [0.3, 0.4) is 0 Å². The normalized spacial score (nSPS) is 10.8. The SMILES string of the molecule is CCc1ccc(-c2nn(-c3ccc(C)cc3)cc2C=O)s1. The Kier molecular flexibility index (Phi) is 3.71. The number of benzene rings is 1. The van der Waals surface area contributed by atoms with Crippen molar-refractivity contribution in [3.63, 3.8) is 0 Å². The van der Waals surface area contributed by atoms with E-state index in [2.05, 4.69) is 18.1 Å². The number of nitrogens with zero attached hydrogens (tertiary/aromatic N) is 2. The van der Waals surface area contributed by atoms with Gasteiger partial charge in [0.15, 0.2) is 6.29 Å². The van der Waals surface area contributed by atoms with E-state index in [0.717, 1.165) is 29.0 Å². The molecule has 0 atom stereocenters. The first kappa shape index (κ1) is 13.8. The summed E-state index contributed by atoms with van der Waals surface area (Å²) in [7, 11) is 0. The van der Waals surface area contributed by atoms with E-state index in [1.165, 1.54) is 10.4 Å². The van der Waals surface area contributed by atoms with Crippen molar-refractivity contribution in [3.8, 4) is 16.3 Å². The van der Waals surface area contributed by atoms with E-state index in [4.69, 9.17) is 0 Å². The lowest BCUT2D eigenvalue weighted by molar-refractivity contribution is 0.112. The molecule has 0 N–H and O–H groups in total. The lowest BCUT2D eigenvalue weighted by atomic mass is 10.2. The molecule has 106 valence electrons. The van der Waals surface area contributed by atoms with Gasteiger partial charge in [0.2, 0.25) is 0 Å². The number of carbonyl (C=O) groups excluding carboxylic acids is 1. The van der Waals surface area contributed by atoms with Crippen molar-refractivity contribution in [2.75, 3.05) is 0 Å². The maximum absolute atomic E-state index is 11.3. The van der Waals surface area contributed by atoms with Gasteiger partial charge in [-0.25, -0.2) is 4.68 Å². The van der Waals surface area contributed by atoms with E-state index in [-0.39, 0.29) is 0 Å². The number of carbonyl (C=O) groups is 1. The molecule has 0 amide bonds. The van der Waals surface area contributed by atoms with Gasteiger partial charge in [-0.1, -0.05) is 24.6 Å². The molecule has 0 saturated carbocycles. The van der Waals surface area contributed by atoms with Crippen molar-refractivity contribution >= 4 is 17.6 Å². The van der Waals surface area contributed by atoms with Crippen LogP contribution in [0.15, 0.2) is 42.6 Å². The molecule has 3 rings (SSSR count). The van der Waals surface area contributed by atoms with E-state index >= 15 is 0 Å². The van der Waals surface area contributed by atoms with Crippen LogP contribution in [-0.4, -0.2) is 16.1 Å². The fourth-order valence-corrected chi connectivity index (χ4v) is 3.14. The first-order chi connectivity index (χ1) is 10.2. The molecule has 0 aliphatic carbocycles. The Morgan fingerprint density at radius 1 is 1.19 bits per heavy atom. The summed E-state index contributed by atoms with van der Waals surface area (Å²) in [5.41, 5.74) is 3.55. The summed E-state index contributed by atoms with van der Waals surface area (Å²) in [5, 5.41) is 4.59. The third-order valence-electron chi connectivity index (χ3n) is 3.41. The summed E-state index contributed by atoms with van der Waals surface area (Å²) in [6, 6.07) is 12.2. The minimum absolute atomic E-state index is 0.625. The van der Waals surface area contributed by atoms with Gasteiger partial charge in [0.25, 0.3) is 0 Å². The van der Waals surface area contributed by atoms with Crippen molar-refractivity contribution in [2.24, 2.45) is 0 Å². The highest BCUT2D eigenvalue weighted by atomic mass is 32.1. The summed E-state index contributed by atoms with van der Waals surface area (Å²) in [5.74, 6) is 0. The maximum atomic E-state index is 11.3. The van der Waals surface area contributed by atoms with Crippen molar-refractivity contribution in [1.29, 1.82) is 0 Å². The molecule has 0 aliphatic heterocycles. The maximum Gasteiger partial charge on any atom is 0.153 e. The van der Waals surface area contributed by atoms with Gasteiger partial charge < -0.3 is 0 Å². The molecule has 0 saturated heterocycles. The quantitative estimate of drug-likeness (QED) is 0.673. The van der Waals surface area contributed by atoms with Crippen LogP contribution in [0, 0.1) is 6.92 Å². The van der Waals surface area contributed by atoms with Crippen molar-refractivity contribution < 1.29 is 4.79 Å². The number of aldehydes is 1. The molecule has 0 spiro atoms. The highest BCUT2D eigenvalue weighted by Crippen LogP contribution is 2.30. The smallest absolute Gasteiger partial charge is 0.153 e. The standard InChI is InChI=1S/C17H16N2OS/c1-3-15-8-9-16(21-15)17-13(11-20)10-19(18-17)14-6-4-12(2)5-7-14/h4-11H,3H2,1-2H3. The summed E-state index contributed by atoms with van der Waals surface area (Å²) < 4.78 is 1.77. The van der Waals surface area contributed by atoms with Crippen LogP contribution in [0.25, 0.3) is 16.3 Å². The molecule has 0 bridgehead atoms. The molecular formula is C17H16N2OS. The number of hydrogen-bond donors (Lipinski definition) is 0. The predicted molar refractivity (Wildman–Crippen MR) is 86.4 cm³/mol. The van der Waals surface area contributed by atoms with Crippen LogP contribution < -0.4 is 0 Å². The molecular weight excluding hydrogens is 280 g/mol. The van der Waals surface area contributed by atoms with E-state index in [9.17, 15) is 4.79 Å². The van der Waals surface area contributed by atoms with Gasteiger partial charge in [0.1, 0.15) is 5.69 Å². The number of aromatic nitrogens is 2. The summed E-state index contributed by atoms with van der Waals surface area (Å²) >= 11 is 1.69. The Labute approximate surface area is 127 Å². The molecule has 3 aromatic rings. The zero-order valence-corrected chi connectivity index (χ0v) is 12.9. The molecule has 0 radical (unpaired) electrons. The highest BCUT2D eigenvalue weighted by molar-refractivity contribution is 7.15. The Morgan fingerprint density at radius 3 is 2.57 bits per heavy atom. The molecule has 0 aliphatic rings. The zero-order valence-electron chi connectivity index (χ0n) is 12.0. The van der Waals surface area contributed by atoms with Gasteiger partial charge in [0, 0.05) is 11.1 Å². The van der Waals surface area contributed by atoms with Gasteiger partial charge in [-0.2, -0.15) is 5.10 Å². The van der Waals surface area contributed by atoms with Gasteiger partial charge in [-0.3, -0.25) is 4.79 Å². The Balaban J connectivity index is 2.05. The second kappa shape index (κ2) is 5.66. The highest BCUT2D eigenvalue weighted by Gasteiger charge is 2.13. The third kappa shape index (κ3) is 2.67. The van der Waals surface area contributed by atoms with E-state index in [1.807, 2.05) is 37.3 Å². The molecule has 3 nitrogen and oxygen atoms in total. The predicted octanol–water partition coefficient (Wildman–Crippen LogP) is 4.28. The summed E-state index contributed by atoms with van der Waals surface area (Å²) in [6.45, 7) is 4.17. The van der Waals surface area contributed by atoms with Gasteiger partial charge in [-0.05, 0) is 37.6 Å². The lowest BCUT2D eigenvalue weighted by Crippen LogP contribution is -1.94. The van der Waals surface area contributed by atoms with E-state index in [1.54, 1.807) is 22.2 Å². The number of rotatable bonds is 4. The number of aryl methyl sites for hydroxylation is 2. The minimum Gasteiger partial charge on any atom is -0.298 e. The Hall–Kier alpha value is -2.20. The fourth-order valence-electron chi connectivity index (χ4n) is 2.19. The van der Waals surface area contributed by atoms with Crippen LogP contribution in [0.1, 0.15) is 27.7 Å². The van der Waals surface area contributed by atoms with E-state index in [0.29, 0.717) is 5.56 Å². The summed E-state index contributed by atoms with van der Waals surface area (Å²) in [4.78, 5) is 13.7. The van der Waals surface area contributed by atoms with Gasteiger partial charge in [-0.15, -0.1) is 11.3 Å². The largest absolute Gasteiger partial charge is 0.298 e. The average Bonchev–Trinajstić information content (AvgIpc) is 3.14. The second-order valence-electron chi connectivity index (χ2n) is 4.95. The number of hydrogen-bond acceptors (Lipinski definition) is 3. The van der Waals surface area contributed by atoms with Crippen molar-refractivity contribution in [1.82, 2.24) is 9.78 Å². The van der Waals surface area contributed by atoms with Crippen molar-refractivity contribution in [3.05, 3.63) is 58.6 Å². The minimum atomic E-state index is 0.625. The number of thiophene rings is 1. The molecule has 0 unspecified atom stereocenters. The van der Waals surface area contributed by atoms with Gasteiger partial charge >= 0.3 is 0 Å². The first-order valence-corrected chi connectivity index (χ1v) is 7.74. The second-order valence-corrected chi connectivity index (χ2v) is 6.12. The molecule has 0 fully saturated rings. The van der Waals surface area contributed by atoms with Crippen LogP contribution in [-0.2, 0) is 6.42 Å². The third-order valence-corrected chi connectivity index (χ3v) is 4.65.